The van der Waals surface area contributed by atoms with Gasteiger partial charge in [0.25, 0.3) is 11.8 Å². The number of benzene rings is 2. The maximum absolute atomic E-state index is 12.6. The molecule has 0 bridgehead atoms. The van der Waals surface area contributed by atoms with E-state index in [1.165, 1.54) is 6.08 Å². The zero-order valence-corrected chi connectivity index (χ0v) is 15.6. The number of rotatable bonds is 8. The van der Waals surface area contributed by atoms with Gasteiger partial charge in [0, 0.05) is 11.6 Å². The van der Waals surface area contributed by atoms with Crippen molar-refractivity contribution in [1.29, 1.82) is 0 Å². The molecule has 0 saturated carbocycles. The van der Waals surface area contributed by atoms with E-state index >= 15 is 0 Å². The van der Waals surface area contributed by atoms with Crippen molar-refractivity contribution in [1.82, 2.24) is 10.6 Å². The molecule has 0 radical (unpaired) electrons. The van der Waals surface area contributed by atoms with E-state index in [1.54, 1.807) is 68.6 Å². The molecule has 146 valence electrons. The molecule has 2 amide bonds. The molecule has 28 heavy (non-hydrogen) atoms. The number of amides is 2. The molecule has 2 rings (SSSR count). The smallest absolute Gasteiger partial charge is 0.305 e. The molecule has 7 heteroatoms. The van der Waals surface area contributed by atoms with Crippen molar-refractivity contribution in [2.24, 2.45) is 0 Å². The van der Waals surface area contributed by atoms with Crippen molar-refractivity contribution < 1.29 is 24.2 Å². The molecule has 2 aromatic carbocycles. The van der Waals surface area contributed by atoms with E-state index in [0.717, 1.165) is 0 Å². The minimum Gasteiger partial charge on any atom is -0.497 e. The Bertz CT molecular complexity index is 860. The van der Waals surface area contributed by atoms with Gasteiger partial charge in [0.15, 0.2) is 0 Å². The van der Waals surface area contributed by atoms with E-state index in [1.807, 2.05) is 0 Å². The molecule has 0 spiro atoms. The van der Waals surface area contributed by atoms with Gasteiger partial charge in [-0.3, -0.25) is 14.4 Å². The summed E-state index contributed by atoms with van der Waals surface area (Å²) in [6.45, 7) is 1.58. The molecule has 2 aromatic rings. The van der Waals surface area contributed by atoms with Crippen LogP contribution in [-0.4, -0.2) is 36.0 Å². The second-order valence-electron chi connectivity index (χ2n) is 6.12. The summed E-state index contributed by atoms with van der Waals surface area (Å²) < 4.78 is 5.11. The SMILES string of the molecule is COc1ccc(/C=C(\NC(=O)c2ccccc2)C(=O)NC(C)CC(=O)O)cc1. The molecule has 3 N–H and O–H groups in total. The van der Waals surface area contributed by atoms with Crippen LogP contribution in [0.4, 0.5) is 0 Å². The highest BCUT2D eigenvalue weighted by Crippen LogP contribution is 2.14. The first-order chi connectivity index (χ1) is 13.4. The number of methoxy groups -OCH3 is 1. The maximum atomic E-state index is 12.6. The molecular weight excluding hydrogens is 360 g/mol. The summed E-state index contributed by atoms with van der Waals surface area (Å²) in [6.07, 6.45) is 1.29. The van der Waals surface area contributed by atoms with Gasteiger partial charge in [0.2, 0.25) is 0 Å². The standard InChI is InChI=1S/C21H22N2O5/c1-14(12-19(24)25)22-21(27)18(13-15-8-10-17(28-2)11-9-15)23-20(26)16-6-4-3-5-7-16/h3-11,13-14H,12H2,1-2H3,(H,22,27)(H,23,26)(H,24,25)/b18-13-. The zero-order chi connectivity index (χ0) is 20.5. The lowest BCUT2D eigenvalue weighted by Crippen LogP contribution is -2.40. The lowest BCUT2D eigenvalue weighted by atomic mass is 10.1. The Morgan fingerprint density at radius 1 is 1.07 bits per heavy atom. The van der Waals surface area contributed by atoms with Gasteiger partial charge in [-0.15, -0.1) is 0 Å². The predicted octanol–water partition coefficient (Wildman–Crippen LogP) is 2.45. The molecule has 0 fully saturated rings. The second kappa shape index (κ2) is 9.91. The molecule has 0 heterocycles. The number of nitrogens with one attached hydrogen (secondary N) is 2. The van der Waals surface area contributed by atoms with Gasteiger partial charge in [-0.1, -0.05) is 30.3 Å². The predicted molar refractivity (Wildman–Crippen MR) is 105 cm³/mol. The Labute approximate surface area is 163 Å². The van der Waals surface area contributed by atoms with E-state index in [0.29, 0.717) is 16.9 Å². The van der Waals surface area contributed by atoms with Gasteiger partial charge in [-0.05, 0) is 42.8 Å². The molecule has 0 saturated heterocycles. The van der Waals surface area contributed by atoms with Crippen LogP contribution >= 0.6 is 0 Å². The summed E-state index contributed by atoms with van der Waals surface area (Å²) in [6, 6.07) is 14.8. The Morgan fingerprint density at radius 3 is 2.29 bits per heavy atom. The highest BCUT2D eigenvalue weighted by atomic mass is 16.5. The third-order valence-electron chi connectivity index (χ3n) is 3.81. The first-order valence-corrected chi connectivity index (χ1v) is 8.64. The van der Waals surface area contributed by atoms with Gasteiger partial charge in [0.05, 0.1) is 13.5 Å². The minimum atomic E-state index is -1.03. The Balaban J connectivity index is 2.25. The first-order valence-electron chi connectivity index (χ1n) is 8.64. The molecule has 0 aromatic heterocycles. The third kappa shape index (κ3) is 6.28. The number of aliphatic carboxylic acids is 1. The average Bonchev–Trinajstić information content (AvgIpc) is 2.67. The highest BCUT2D eigenvalue weighted by Gasteiger charge is 2.17. The molecule has 7 nitrogen and oxygen atoms in total. The van der Waals surface area contributed by atoms with Crippen molar-refractivity contribution in [3.63, 3.8) is 0 Å². The average molecular weight is 382 g/mol. The van der Waals surface area contributed by atoms with Gasteiger partial charge in [-0.2, -0.15) is 0 Å². The quantitative estimate of drug-likeness (QED) is 0.608. The molecule has 1 unspecified atom stereocenters. The number of carbonyl (C=O) groups is 3. The number of carboxylic acid groups (broad SMARTS) is 1. The Morgan fingerprint density at radius 2 is 1.71 bits per heavy atom. The van der Waals surface area contributed by atoms with Crippen LogP contribution in [0.2, 0.25) is 0 Å². The van der Waals surface area contributed by atoms with Crippen molar-refractivity contribution >= 4 is 23.9 Å². The van der Waals surface area contributed by atoms with Crippen LogP contribution in [0.25, 0.3) is 6.08 Å². The fraction of sp³-hybridized carbons (Fsp3) is 0.190. The summed E-state index contributed by atoms with van der Waals surface area (Å²) in [5.41, 5.74) is 1.08. The van der Waals surface area contributed by atoms with Crippen LogP contribution in [0, 0.1) is 0 Å². The second-order valence-corrected chi connectivity index (χ2v) is 6.12. The Hall–Kier alpha value is -3.61. The number of ether oxygens (including phenoxy) is 1. The molecule has 0 aliphatic carbocycles. The first kappa shape index (κ1) is 20.7. The van der Waals surface area contributed by atoms with E-state index < -0.39 is 23.8 Å². The maximum Gasteiger partial charge on any atom is 0.305 e. The summed E-state index contributed by atoms with van der Waals surface area (Å²) in [5.74, 6) is -1.39. The van der Waals surface area contributed by atoms with Crippen LogP contribution in [-0.2, 0) is 9.59 Å². The van der Waals surface area contributed by atoms with E-state index in [-0.39, 0.29) is 12.1 Å². The van der Waals surface area contributed by atoms with Crippen LogP contribution < -0.4 is 15.4 Å². The summed E-state index contributed by atoms with van der Waals surface area (Å²) in [5, 5.41) is 14.1. The lowest BCUT2D eigenvalue weighted by molar-refractivity contribution is -0.137. The molecule has 0 aliphatic heterocycles. The molecule has 0 aliphatic rings. The highest BCUT2D eigenvalue weighted by molar-refractivity contribution is 6.05. The summed E-state index contributed by atoms with van der Waals surface area (Å²) >= 11 is 0. The van der Waals surface area contributed by atoms with Gasteiger partial charge < -0.3 is 20.5 Å². The van der Waals surface area contributed by atoms with Gasteiger partial charge in [0.1, 0.15) is 11.4 Å². The van der Waals surface area contributed by atoms with E-state index in [4.69, 9.17) is 9.84 Å². The topological polar surface area (TPSA) is 105 Å². The van der Waals surface area contributed by atoms with Crippen molar-refractivity contribution in [3.05, 3.63) is 71.4 Å². The summed E-state index contributed by atoms with van der Waals surface area (Å²) in [7, 11) is 1.55. The number of hydrogen-bond donors (Lipinski definition) is 3. The zero-order valence-electron chi connectivity index (χ0n) is 15.6. The van der Waals surface area contributed by atoms with Crippen LogP contribution in [0.3, 0.4) is 0 Å². The third-order valence-corrected chi connectivity index (χ3v) is 3.81. The summed E-state index contributed by atoms with van der Waals surface area (Å²) in [4.78, 5) is 35.9. The monoisotopic (exact) mass is 382 g/mol. The largest absolute Gasteiger partial charge is 0.497 e. The number of hydrogen-bond acceptors (Lipinski definition) is 4. The fourth-order valence-electron chi connectivity index (χ4n) is 2.42. The van der Waals surface area contributed by atoms with E-state index in [9.17, 15) is 14.4 Å². The normalized spacial score (nSPS) is 12.0. The molecular formula is C21H22N2O5. The van der Waals surface area contributed by atoms with Crippen molar-refractivity contribution in [2.75, 3.05) is 7.11 Å². The number of carbonyl (C=O) groups excluding carboxylic acids is 2. The fourth-order valence-corrected chi connectivity index (χ4v) is 2.42. The lowest BCUT2D eigenvalue weighted by Gasteiger charge is -2.15. The van der Waals surface area contributed by atoms with E-state index in [2.05, 4.69) is 10.6 Å². The van der Waals surface area contributed by atoms with Crippen molar-refractivity contribution in [2.45, 2.75) is 19.4 Å². The van der Waals surface area contributed by atoms with Crippen molar-refractivity contribution in [3.8, 4) is 5.75 Å². The van der Waals surface area contributed by atoms with Crippen LogP contribution in [0.5, 0.6) is 5.75 Å². The van der Waals surface area contributed by atoms with Crippen LogP contribution in [0.1, 0.15) is 29.3 Å². The van der Waals surface area contributed by atoms with Gasteiger partial charge in [-0.25, -0.2) is 0 Å². The molecule has 1 atom stereocenters. The van der Waals surface area contributed by atoms with Crippen LogP contribution in [0.15, 0.2) is 60.3 Å². The minimum absolute atomic E-state index is 0.0104. The van der Waals surface area contributed by atoms with Gasteiger partial charge >= 0.3 is 5.97 Å². The number of carboxylic acids is 1. The Kier molecular flexibility index (Phi) is 7.33.